The molecule has 3 rings (SSSR count). The van der Waals surface area contributed by atoms with Crippen LogP contribution in [0.5, 0.6) is 0 Å². The van der Waals surface area contributed by atoms with Gasteiger partial charge in [0.05, 0.1) is 24.2 Å². The molecule has 0 radical (unpaired) electrons. The Morgan fingerprint density at radius 1 is 1.38 bits per heavy atom. The van der Waals surface area contributed by atoms with Crippen molar-refractivity contribution in [1.29, 1.82) is 0 Å². The Morgan fingerprint density at radius 3 is 2.92 bits per heavy atom. The molecule has 0 spiro atoms. The van der Waals surface area contributed by atoms with Gasteiger partial charge in [-0.15, -0.1) is 0 Å². The second-order valence-corrected chi connectivity index (χ2v) is 5.69. The lowest BCUT2D eigenvalue weighted by molar-refractivity contribution is -0.384. The molecular weight excluding hydrogens is 340 g/mol. The Kier molecular flexibility index (Phi) is 4.74. The van der Waals surface area contributed by atoms with E-state index in [1.54, 1.807) is 16.8 Å². The van der Waals surface area contributed by atoms with Gasteiger partial charge in [0.1, 0.15) is 11.7 Å². The molecule has 0 saturated heterocycles. The molecule has 0 bridgehead atoms. The van der Waals surface area contributed by atoms with Gasteiger partial charge in [-0.1, -0.05) is 12.1 Å². The van der Waals surface area contributed by atoms with Gasteiger partial charge in [-0.25, -0.2) is 9.67 Å². The number of nitrogens with zero attached hydrogens (tertiary/aromatic N) is 5. The number of fused-ring (bicyclic) bond motifs is 1. The van der Waals surface area contributed by atoms with Crippen molar-refractivity contribution in [2.45, 2.75) is 20.0 Å². The highest BCUT2D eigenvalue weighted by Crippen LogP contribution is 2.14. The minimum atomic E-state index is -0.479. The molecule has 1 N–H and O–H groups in total. The monoisotopic (exact) mass is 356 g/mol. The second kappa shape index (κ2) is 7.13. The number of aromatic nitrogens is 4. The summed E-state index contributed by atoms with van der Waals surface area (Å²) in [4.78, 5) is 38.2. The number of hydrogen-bond acceptors (Lipinski definition) is 6. The van der Waals surface area contributed by atoms with Gasteiger partial charge in [0.15, 0.2) is 5.65 Å². The molecule has 10 nitrogen and oxygen atoms in total. The predicted octanol–water partition coefficient (Wildman–Crippen LogP) is 0.686. The zero-order valence-corrected chi connectivity index (χ0v) is 14.0. The van der Waals surface area contributed by atoms with E-state index in [4.69, 9.17) is 0 Å². The van der Waals surface area contributed by atoms with Crippen LogP contribution in [0.15, 0.2) is 41.6 Å². The van der Waals surface area contributed by atoms with Crippen molar-refractivity contribution < 1.29 is 9.72 Å². The van der Waals surface area contributed by atoms with Crippen LogP contribution in [0.4, 0.5) is 5.69 Å². The lowest BCUT2D eigenvalue weighted by Crippen LogP contribution is -2.25. The Bertz CT molecular complexity index is 1040. The average molecular weight is 356 g/mol. The lowest BCUT2D eigenvalue weighted by atomic mass is 10.2. The van der Waals surface area contributed by atoms with E-state index in [1.807, 2.05) is 0 Å². The molecule has 0 fully saturated rings. The molecule has 26 heavy (non-hydrogen) atoms. The molecule has 0 aliphatic carbocycles. The Balaban J connectivity index is 1.86. The molecule has 0 unspecified atom stereocenters. The quantitative estimate of drug-likeness (QED) is 0.511. The summed E-state index contributed by atoms with van der Waals surface area (Å²) in [5, 5.41) is 18.0. The number of benzene rings is 1. The van der Waals surface area contributed by atoms with Crippen LogP contribution < -0.4 is 10.9 Å². The maximum Gasteiger partial charge on any atom is 0.269 e. The average Bonchev–Trinajstić information content (AvgIpc) is 3.01. The fraction of sp³-hybridized carbons (Fsp3) is 0.250. The van der Waals surface area contributed by atoms with Crippen LogP contribution in [0.2, 0.25) is 0 Å². The van der Waals surface area contributed by atoms with Crippen LogP contribution in [-0.2, 0) is 17.9 Å². The van der Waals surface area contributed by atoms with Crippen LogP contribution in [0.1, 0.15) is 12.5 Å². The van der Waals surface area contributed by atoms with Gasteiger partial charge in [0.25, 0.3) is 11.2 Å². The van der Waals surface area contributed by atoms with Crippen LogP contribution in [-0.4, -0.2) is 36.7 Å². The first-order chi connectivity index (χ1) is 12.5. The molecule has 1 amide bonds. The molecule has 0 atom stereocenters. The van der Waals surface area contributed by atoms with E-state index in [-0.39, 0.29) is 23.7 Å². The minimum Gasteiger partial charge on any atom is -0.354 e. The summed E-state index contributed by atoms with van der Waals surface area (Å²) in [5.41, 5.74) is 0.735. The normalized spacial score (nSPS) is 10.8. The highest BCUT2D eigenvalue weighted by atomic mass is 16.6. The van der Waals surface area contributed by atoms with Crippen molar-refractivity contribution in [2.75, 3.05) is 6.54 Å². The maximum absolute atomic E-state index is 12.6. The Morgan fingerprint density at radius 2 is 2.19 bits per heavy atom. The SMILES string of the molecule is CC(=O)NCCn1ncc2c(=O)n(Cc3cccc([N+](=O)[O-])c3)cnc21. The number of carbonyl (C=O) groups excluding carboxylic acids is 1. The molecule has 2 heterocycles. The minimum absolute atomic E-state index is 0.0321. The Hall–Kier alpha value is -3.56. The number of nitrogens with one attached hydrogen (secondary N) is 1. The highest BCUT2D eigenvalue weighted by molar-refractivity contribution is 5.73. The zero-order chi connectivity index (χ0) is 18.7. The molecule has 3 aromatic rings. The van der Waals surface area contributed by atoms with E-state index < -0.39 is 4.92 Å². The van der Waals surface area contributed by atoms with Crippen molar-refractivity contribution in [2.24, 2.45) is 0 Å². The third kappa shape index (κ3) is 3.58. The van der Waals surface area contributed by atoms with Gasteiger partial charge in [-0.05, 0) is 5.56 Å². The van der Waals surface area contributed by atoms with Gasteiger partial charge in [0, 0.05) is 25.6 Å². The van der Waals surface area contributed by atoms with Gasteiger partial charge in [0.2, 0.25) is 5.91 Å². The summed E-state index contributed by atoms with van der Waals surface area (Å²) < 4.78 is 2.92. The third-order valence-electron chi connectivity index (χ3n) is 3.79. The fourth-order valence-corrected chi connectivity index (χ4v) is 2.58. The van der Waals surface area contributed by atoms with E-state index >= 15 is 0 Å². The number of non-ortho nitro benzene ring substituents is 1. The summed E-state index contributed by atoms with van der Waals surface area (Å²) in [7, 11) is 0. The summed E-state index contributed by atoms with van der Waals surface area (Å²) in [6.45, 7) is 2.36. The van der Waals surface area contributed by atoms with Crippen LogP contribution in [0.3, 0.4) is 0 Å². The smallest absolute Gasteiger partial charge is 0.269 e. The van der Waals surface area contributed by atoms with E-state index in [1.165, 1.54) is 36.1 Å². The first-order valence-corrected chi connectivity index (χ1v) is 7.84. The topological polar surface area (TPSA) is 125 Å². The van der Waals surface area contributed by atoms with Crippen molar-refractivity contribution in [3.05, 3.63) is 62.8 Å². The van der Waals surface area contributed by atoms with Crippen LogP contribution in [0, 0.1) is 10.1 Å². The molecule has 2 aromatic heterocycles. The number of nitro groups is 1. The zero-order valence-electron chi connectivity index (χ0n) is 14.0. The van der Waals surface area contributed by atoms with Gasteiger partial charge in [-0.3, -0.25) is 24.3 Å². The Labute approximate surface area is 147 Å². The molecule has 0 saturated carbocycles. The summed E-state index contributed by atoms with van der Waals surface area (Å²) in [5.74, 6) is -0.145. The molecule has 10 heteroatoms. The van der Waals surface area contributed by atoms with E-state index in [9.17, 15) is 19.7 Å². The molecule has 0 aliphatic rings. The van der Waals surface area contributed by atoms with Crippen LogP contribution >= 0.6 is 0 Å². The predicted molar refractivity (Wildman–Crippen MR) is 92.7 cm³/mol. The molecule has 0 aliphatic heterocycles. The fourth-order valence-electron chi connectivity index (χ4n) is 2.58. The number of carbonyl (C=O) groups is 1. The lowest BCUT2D eigenvalue weighted by Gasteiger charge is -2.07. The largest absolute Gasteiger partial charge is 0.354 e. The first-order valence-electron chi connectivity index (χ1n) is 7.84. The molecule has 1 aromatic carbocycles. The van der Waals surface area contributed by atoms with Gasteiger partial charge in [-0.2, -0.15) is 5.10 Å². The summed E-state index contributed by atoms with van der Waals surface area (Å²) in [6.07, 6.45) is 2.82. The molecule has 134 valence electrons. The van der Waals surface area contributed by atoms with E-state index in [0.717, 1.165) is 0 Å². The van der Waals surface area contributed by atoms with Crippen LogP contribution in [0.25, 0.3) is 11.0 Å². The standard InChI is InChI=1S/C16H16N6O4/c1-11(23)17-5-6-21-15-14(8-19-21)16(24)20(10-18-15)9-12-3-2-4-13(7-12)22(25)26/h2-4,7-8,10H,5-6,9H2,1H3,(H,17,23). The van der Waals surface area contributed by atoms with E-state index in [2.05, 4.69) is 15.4 Å². The number of hydrogen-bond donors (Lipinski definition) is 1. The second-order valence-electron chi connectivity index (χ2n) is 5.69. The highest BCUT2D eigenvalue weighted by Gasteiger charge is 2.12. The van der Waals surface area contributed by atoms with Gasteiger partial charge < -0.3 is 5.32 Å². The van der Waals surface area contributed by atoms with Crippen molar-refractivity contribution in [3.63, 3.8) is 0 Å². The van der Waals surface area contributed by atoms with Crippen molar-refractivity contribution >= 4 is 22.6 Å². The van der Waals surface area contributed by atoms with Crippen molar-refractivity contribution in [1.82, 2.24) is 24.6 Å². The van der Waals surface area contributed by atoms with Gasteiger partial charge >= 0.3 is 0 Å². The first kappa shape index (κ1) is 17.3. The van der Waals surface area contributed by atoms with E-state index in [0.29, 0.717) is 29.7 Å². The third-order valence-corrected chi connectivity index (χ3v) is 3.79. The number of amides is 1. The summed E-state index contributed by atoms with van der Waals surface area (Å²) >= 11 is 0. The number of rotatable bonds is 6. The molecular formula is C16H16N6O4. The summed E-state index contributed by atoms with van der Waals surface area (Å²) in [6, 6.07) is 6.10. The number of nitro benzene ring substituents is 1. The maximum atomic E-state index is 12.6. The van der Waals surface area contributed by atoms with Crippen molar-refractivity contribution in [3.8, 4) is 0 Å².